The van der Waals surface area contributed by atoms with E-state index in [0.29, 0.717) is 18.2 Å². The van der Waals surface area contributed by atoms with Crippen molar-refractivity contribution in [2.75, 3.05) is 49.3 Å². The maximum Gasteiger partial charge on any atom is 0.312 e. The molecule has 0 atom stereocenters. The third-order valence-corrected chi connectivity index (χ3v) is 4.91. The van der Waals surface area contributed by atoms with Crippen LogP contribution in [-0.4, -0.2) is 73.7 Å². The fraction of sp³-hybridized carbons (Fsp3) is 0.562. The molecular formula is C16H23BrN4O9S. The van der Waals surface area contributed by atoms with Crippen LogP contribution in [0.15, 0.2) is 12.1 Å². The number of nitrogens with zero attached hydrogens (tertiary/aromatic N) is 3. The molecule has 0 aliphatic carbocycles. The minimum absolute atomic E-state index is 0.0608. The summed E-state index contributed by atoms with van der Waals surface area (Å²) in [7, 11) is -3.74. The number of carbonyl (C=O) groups is 1. The third kappa shape index (κ3) is 8.35. The van der Waals surface area contributed by atoms with Gasteiger partial charge in [-0.1, -0.05) is 15.9 Å². The van der Waals surface area contributed by atoms with Crippen LogP contribution in [0.5, 0.6) is 0 Å². The number of halogens is 1. The van der Waals surface area contributed by atoms with E-state index in [0.717, 1.165) is 18.4 Å². The summed E-state index contributed by atoms with van der Waals surface area (Å²) in [6.45, 7) is -0.283. The standard InChI is InChI=1S/C16H23BrN4O9S/c1-31(28,29)30-11-9-19(8-6-17)13-5-4-12(20(24)25)14(15(13)21(26)27)16(23)18-7-2-3-10-22/h4-5,22H,2-3,6-11H2,1H3,(H,18,23). The molecule has 0 aromatic heterocycles. The molecule has 0 aliphatic heterocycles. The number of carbonyl (C=O) groups excluding carboxylic acids is 1. The zero-order valence-electron chi connectivity index (χ0n) is 16.7. The Labute approximate surface area is 186 Å². The maximum atomic E-state index is 12.6. The average molecular weight is 527 g/mol. The SMILES string of the molecule is CS(=O)(=O)OCCN(CCBr)c1ccc([N+](=O)[O-])c(C(=O)NCCCCO)c1[N+](=O)[O-]. The molecule has 13 nitrogen and oxygen atoms in total. The summed E-state index contributed by atoms with van der Waals surface area (Å²) in [5.74, 6) is -0.996. The van der Waals surface area contributed by atoms with Gasteiger partial charge in [-0.3, -0.25) is 29.2 Å². The highest BCUT2D eigenvalue weighted by Gasteiger charge is 2.35. The average Bonchev–Trinajstić information content (AvgIpc) is 2.68. The molecule has 0 bridgehead atoms. The second-order valence-electron chi connectivity index (χ2n) is 6.23. The van der Waals surface area contributed by atoms with Gasteiger partial charge < -0.3 is 15.3 Å². The van der Waals surface area contributed by atoms with Crippen LogP contribution in [0.25, 0.3) is 0 Å². The monoisotopic (exact) mass is 526 g/mol. The van der Waals surface area contributed by atoms with Gasteiger partial charge in [0.05, 0.1) is 22.7 Å². The van der Waals surface area contributed by atoms with Crippen molar-refractivity contribution in [1.29, 1.82) is 0 Å². The van der Waals surface area contributed by atoms with E-state index in [1.165, 1.54) is 4.90 Å². The Kier molecular flexibility index (Phi) is 10.7. The highest BCUT2D eigenvalue weighted by molar-refractivity contribution is 9.09. The van der Waals surface area contributed by atoms with E-state index < -0.39 is 42.8 Å². The summed E-state index contributed by atoms with van der Waals surface area (Å²) >= 11 is 3.20. The van der Waals surface area contributed by atoms with Crippen LogP contribution in [-0.2, 0) is 14.3 Å². The van der Waals surface area contributed by atoms with Crippen molar-refractivity contribution in [3.8, 4) is 0 Å². The number of nitro benzene ring substituents is 2. The van der Waals surface area contributed by atoms with E-state index in [1.807, 2.05) is 0 Å². The van der Waals surface area contributed by atoms with Crippen LogP contribution >= 0.6 is 15.9 Å². The van der Waals surface area contributed by atoms with Crippen molar-refractivity contribution < 1.29 is 32.3 Å². The number of amides is 1. The lowest BCUT2D eigenvalue weighted by Gasteiger charge is -2.24. The first-order valence-corrected chi connectivity index (χ1v) is 12.0. The number of aliphatic hydroxyl groups excluding tert-OH is 1. The first-order valence-electron chi connectivity index (χ1n) is 9.03. The Bertz CT molecular complexity index is 911. The number of unbranched alkanes of at least 4 members (excludes halogenated alkanes) is 1. The molecule has 0 heterocycles. The van der Waals surface area contributed by atoms with E-state index in [1.54, 1.807) is 0 Å². The number of alkyl halides is 1. The Morgan fingerprint density at radius 3 is 2.42 bits per heavy atom. The van der Waals surface area contributed by atoms with Gasteiger partial charge in [-0.25, -0.2) is 0 Å². The first-order chi connectivity index (χ1) is 14.5. The third-order valence-electron chi connectivity index (χ3n) is 3.97. The minimum atomic E-state index is -3.74. The van der Waals surface area contributed by atoms with Crippen LogP contribution in [0.4, 0.5) is 17.1 Å². The predicted molar refractivity (Wildman–Crippen MR) is 115 cm³/mol. The topological polar surface area (TPSA) is 182 Å². The first kappa shape index (κ1) is 26.7. The highest BCUT2D eigenvalue weighted by Crippen LogP contribution is 2.37. The summed E-state index contributed by atoms with van der Waals surface area (Å²) < 4.78 is 27.1. The predicted octanol–water partition coefficient (Wildman–Crippen LogP) is 1.18. The van der Waals surface area contributed by atoms with E-state index in [9.17, 15) is 33.4 Å². The molecule has 15 heteroatoms. The molecule has 0 fully saturated rings. The van der Waals surface area contributed by atoms with Crippen LogP contribution in [0.3, 0.4) is 0 Å². The molecule has 1 amide bonds. The van der Waals surface area contributed by atoms with Gasteiger partial charge >= 0.3 is 5.69 Å². The van der Waals surface area contributed by atoms with Gasteiger partial charge in [0.2, 0.25) is 0 Å². The number of benzene rings is 1. The molecule has 0 unspecified atom stereocenters. The van der Waals surface area contributed by atoms with Crippen molar-refractivity contribution in [2.45, 2.75) is 12.8 Å². The molecule has 0 aliphatic rings. The lowest BCUT2D eigenvalue weighted by Crippen LogP contribution is -2.32. The quantitative estimate of drug-likeness (QED) is 0.117. The zero-order chi connectivity index (χ0) is 23.6. The molecule has 174 valence electrons. The number of rotatable bonds is 14. The van der Waals surface area contributed by atoms with Crippen LogP contribution < -0.4 is 10.2 Å². The van der Waals surface area contributed by atoms with Gasteiger partial charge in [-0.2, -0.15) is 8.42 Å². The number of anilines is 1. The van der Waals surface area contributed by atoms with Crippen molar-refractivity contribution >= 4 is 49.0 Å². The Morgan fingerprint density at radius 2 is 1.90 bits per heavy atom. The number of hydrogen-bond donors (Lipinski definition) is 2. The summed E-state index contributed by atoms with van der Waals surface area (Å²) in [6, 6.07) is 2.13. The van der Waals surface area contributed by atoms with Gasteiger partial charge in [0.25, 0.3) is 21.7 Å². The minimum Gasteiger partial charge on any atom is -0.396 e. The fourth-order valence-corrected chi connectivity index (χ4v) is 3.47. The molecular weight excluding hydrogens is 504 g/mol. The Hall–Kier alpha value is -2.36. The fourth-order valence-electron chi connectivity index (χ4n) is 2.67. The lowest BCUT2D eigenvalue weighted by molar-refractivity contribution is -0.394. The van der Waals surface area contributed by atoms with Crippen molar-refractivity contribution in [3.63, 3.8) is 0 Å². The summed E-state index contributed by atoms with van der Waals surface area (Å²) in [5, 5.41) is 34.8. The molecule has 1 rings (SSSR count). The van der Waals surface area contributed by atoms with E-state index in [-0.39, 0.29) is 38.5 Å². The zero-order valence-corrected chi connectivity index (χ0v) is 19.1. The maximum absolute atomic E-state index is 12.6. The van der Waals surface area contributed by atoms with Crippen molar-refractivity contribution in [3.05, 3.63) is 37.9 Å². The second kappa shape index (κ2) is 12.5. The van der Waals surface area contributed by atoms with Crippen molar-refractivity contribution in [1.82, 2.24) is 5.32 Å². The van der Waals surface area contributed by atoms with E-state index in [4.69, 9.17) is 5.11 Å². The molecule has 0 saturated heterocycles. The molecule has 0 saturated carbocycles. The van der Waals surface area contributed by atoms with E-state index in [2.05, 4.69) is 25.4 Å². The van der Waals surface area contributed by atoms with E-state index >= 15 is 0 Å². The van der Waals surface area contributed by atoms with Crippen LogP contribution in [0.2, 0.25) is 0 Å². The number of nitrogens with one attached hydrogen (secondary N) is 1. The normalized spacial score (nSPS) is 11.2. The van der Waals surface area contributed by atoms with Gasteiger partial charge in [-0.15, -0.1) is 0 Å². The smallest absolute Gasteiger partial charge is 0.312 e. The van der Waals surface area contributed by atoms with Crippen molar-refractivity contribution in [2.24, 2.45) is 0 Å². The van der Waals surface area contributed by atoms with Gasteiger partial charge in [0, 0.05) is 37.6 Å². The van der Waals surface area contributed by atoms with Gasteiger partial charge in [0.15, 0.2) is 5.56 Å². The van der Waals surface area contributed by atoms with Gasteiger partial charge in [0.1, 0.15) is 5.69 Å². The number of nitro groups is 2. The lowest BCUT2D eigenvalue weighted by atomic mass is 10.1. The summed E-state index contributed by atoms with van der Waals surface area (Å²) in [6.07, 6.45) is 1.61. The molecule has 1 aromatic carbocycles. The molecule has 1 aromatic rings. The van der Waals surface area contributed by atoms with Crippen LogP contribution in [0, 0.1) is 20.2 Å². The summed E-state index contributed by atoms with van der Waals surface area (Å²) in [4.78, 5) is 35.5. The molecule has 0 spiro atoms. The Balaban J connectivity index is 3.43. The second-order valence-corrected chi connectivity index (χ2v) is 8.67. The number of hydrogen-bond acceptors (Lipinski definition) is 10. The molecule has 2 N–H and O–H groups in total. The largest absolute Gasteiger partial charge is 0.396 e. The van der Waals surface area contributed by atoms with Gasteiger partial charge in [-0.05, 0) is 18.9 Å². The molecule has 31 heavy (non-hydrogen) atoms. The Morgan fingerprint density at radius 1 is 1.23 bits per heavy atom. The van der Waals surface area contributed by atoms with Crippen LogP contribution in [0.1, 0.15) is 23.2 Å². The molecule has 0 radical (unpaired) electrons. The highest BCUT2D eigenvalue weighted by atomic mass is 79.9. The summed E-state index contributed by atoms with van der Waals surface area (Å²) in [5.41, 5.74) is -2.30. The number of aliphatic hydroxyl groups is 1.